The van der Waals surface area contributed by atoms with Gasteiger partial charge in [0, 0.05) is 17.5 Å². The standard InChI is InChI=1S/C20H31N3O5/c1-23-14-18(25)28-16(15-10-9-11-15)12-7-5-3-2-4-6-8-13-17(24)21-19(23)22-20(26)27/h2-3,15-16H,4-14H2,1H3,(H,26,27)(H,21,22,24)/b3-2+/i1D3. The maximum absolute atomic E-state index is 12.6. The number of esters is 1. The Kier molecular flexibility index (Phi) is 7.24. The Labute approximate surface area is 170 Å². The van der Waals surface area contributed by atoms with Crippen LogP contribution in [0.4, 0.5) is 4.79 Å². The fourth-order valence-electron chi connectivity index (χ4n) is 3.27. The van der Waals surface area contributed by atoms with E-state index in [-0.39, 0.29) is 18.4 Å². The van der Waals surface area contributed by atoms with Crippen molar-refractivity contribution in [3.63, 3.8) is 0 Å². The molecule has 8 nitrogen and oxygen atoms in total. The number of amides is 2. The van der Waals surface area contributed by atoms with Crippen LogP contribution in [0, 0.1) is 5.92 Å². The minimum atomic E-state index is -2.90. The van der Waals surface area contributed by atoms with Crippen molar-refractivity contribution in [2.75, 3.05) is 13.5 Å². The van der Waals surface area contributed by atoms with Gasteiger partial charge in [-0.25, -0.2) is 4.79 Å². The summed E-state index contributed by atoms with van der Waals surface area (Å²) >= 11 is 0. The van der Waals surface area contributed by atoms with Crippen LogP contribution in [0.1, 0.15) is 68.3 Å². The van der Waals surface area contributed by atoms with Crippen molar-refractivity contribution >= 4 is 23.9 Å². The highest BCUT2D eigenvalue weighted by atomic mass is 16.5. The van der Waals surface area contributed by atoms with Gasteiger partial charge in [0.05, 0.1) is 0 Å². The van der Waals surface area contributed by atoms with Crippen LogP contribution in [-0.4, -0.2) is 53.6 Å². The van der Waals surface area contributed by atoms with Crippen molar-refractivity contribution in [1.82, 2.24) is 10.2 Å². The van der Waals surface area contributed by atoms with Crippen LogP contribution < -0.4 is 5.32 Å². The molecule has 0 aromatic rings. The number of ether oxygens (including phenoxy) is 1. The highest BCUT2D eigenvalue weighted by molar-refractivity contribution is 6.01. The normalized spacial score (nSPS) is 28.7. The number of nitrogens with zero attached hydrogens (tertiary/aromatic N) is 2. The van der Waals surface area contributed by atoms with E-state index in [1.165, 1.54) is 0 Å². The van der Waals surface area contributed by atoms with Crippen molar-refractivity contribution in [3.8, 4) is 0 Å². The van der Waals surface area contributed by atoms with Gasteiger partial charge in [-0.15, -0.1) is 4.99 Å². The average Bonchev–Trinajstić information content (AvgIpc) is 2.60. The zero-order valence-corrected chi connectivity index (χ0v) is 16.1. The van der Waals surface area contributed by atoms with E-state index in [0.717, 1.165) is 44.9 Å². The first-order valence-corrected chi connectivity index (χ1v) is 9.90. The molecule has 2 N–H and O–H groups in total. The fraction of sp³-hybridized carbons (Fsp3) is 0.700. The number of carbonyl (C=O) groups is 3. The number of carboxylic acid groups (broad SMARTS) is 1. The molecule has 8 heteroatoms. The predicted octanol–water partition coefficient (Wildman–Crippen LogP) is 3.08. The van der Waals surface area contributed by atoms with Crippen LogP contribution in [0.3, 0.4) is 0 Å². The van der Waals surface area contributed by atoms with Crippen molar-refractivity contribution in [1.29, 1.82) is 0 Å². The van der Waals surface area contributed by atoms with Crippen molar-refractivity contribution < 1.29 is 28.3 Å². The molecule has 1 fully saturated rings. The van der Waals surface area contributed by atoms with Gasteiger partial charge in [-0.2, -0.15) is 0 Å². The first-order valence-electron chi connectivity index (χ1n) is 11.4. The van der Waals surface area contributed by atoms with Crippen LogP contribution in [0.2, 0.25) is 0 Å². The second-order valence-electron chi connectivity index (χ2n) is 7.22. The van der Waals surface area contributed by atoms with E-state index in [9.17, 15) is 14.4 Å². The fourth-order valence-corrected chi connectivity index (χ4v) is 3.27. The number of nitrogens with one attached hydrogen (secondary N) is 1. The van der Waals surface area contributed by atoms with E-state index in [1.54, 1.807) is 0 Å². The largest absolute Gasteiger partial charge is 0.463 e. The zero-order valence-electron chi connectivity index (χ0n) is 19.1. The van der Waals surface area contributed by atoms with E-state index in [2.05, 4.69) is 22.5 Å². The number of hydrogen-bond donors (Lipinski definition) is 2. The van der Waals surface area contributed by atoms with Gasteiger partial charge in [-0.1, -0.05) is 18.6 Å². The van der Waals surface area contributed by atoms with Crippen LogP contribution in [0.25, 0.3) is 0 Å². The summed E-state index contributed by atoms with van der Waals surface area (Å²) in [5.74, 6) is -1.80. The van der Waals surface area contributed by atoms with Crippen LogP contribution in [-0.2, 0) is 14.3 Å². The molecule has 28 heavy (non-hydrogen) atoms. The van der Waals surface area contributed by atoms with Gasteiger partial charge in [-0.3, -0.25) is 14.9 Å². The lowest BCUT2D eigenvalue weighted by Crippen LogP contribution is -2.45. The molecule has 1 heterocycles. The Hall–Kier alpha value is -2.38. The first-order chi connectivity index (χ1) is 14.7. The van der Waals surface area contributed by atoms with E-state index in [4.69, 9.17) is 14.0 Å². The number of cyclic esters (lactones) is 1. The predicted molar refractivity (Wildman–Crippen MR) is 105 cm³/mol. The lowest BCUT2D eigenvalue weighted by atomic mass is 9.79. The zero-order chi connectivity index (χ0) is 22.9. The summed E-state index contributed by atoms with van der Waals surface area (Å²) in [6.07, 6.45) is 9.75. The van der Waals surface area contributed by atoms with Gasteiger partial charge in [0.25, 0.3) is 0 Å². The van der Waals surface area contributed by atoms with Gasteiger partial charge < -0.3 is 14.7 Å². The molecule has 2 aliphatic rings. The Morgan fingerprint density at radius 2 is 1.96 bits per heavy atom. The molecule has 0 aromatic heterocycles. The molecule has 1 unspecified atom stereocenters. The summed E-state index contributed by atoms with van der Waals surface area (Å²) in [4.78, 5) is 39.7. The minimum absolute atomic E-state index is 0.0789. The number of guanidine groups is 1. The Bertz CT molecular complexity index is 705. The molecule has 0 saturated heterocycles. The SMILES string of the molecule is [2H]C([2H])([2H])N1CC(=O)OC(C2CCC2)CCC/C=C/CCCCC(=O)NC1=NC(=O)O. The molecule has 1 saturated carbocycles. The molecule has 2 rings (SSSR count). The molecule has 2 amide bonds. The number of allylic oxidation sites excluding steroid dienone is 2. The third-order valence-electron chi connectivity index (χ3n) is 5.00. The number of hydrogen-bond acceptors (Lipinski definition) is 4. The molecule has 0 radical (unpaired) electrons. The summed E-state index contributed by atoms with van der Waals surface area (Å²) < 4.78 is 28.8. The molecule has 0 aromatic carbocycles. The van der Waals surface area contributed by atoms with Crippen molar-refractivity contribution in [2.45, 2.75) is 70.3 Å². The topological polar surface area (TPSA) is 108 Å². The molecular weight excluding hydrogens is 362 g/mol. The van der Waals surface area contributed by atoms with Crippen LogP contribution >= 0.6 is 0 Å². The summed E-state index contributed by atoms with van der Waals surface area (Å²) in [7, 11) is 0. The average molecular weight is 397 g/mol. The first kappa shape index (κ1) is 17.7. The number of likely N-dealkylation sites (N-methyl/N-ethyl adjacent to an activating group) is 1. The minimum Gasteiger partial charge on any atom is -0.463 e. The molecule has 156 valence electrons. The molecular formula is C20H31N3O5. The van der Waals surface area contributed by atoms with Gasteiger partial charge >= 0.3 is 12.1 Å². The maximum atomic E-state index is 12.6. The summed E-state index contributed by atoms with van der Waals surface area (Å²) in [6, 6.07) is 0. The van der Waals surface area contributed by atoms with E-state index >= 15 is 0 Å². The summed E-state index contributed by atoms with van der Waals surface area (Å²) in [5, 5.41) is 11.3. The highest BCUT2D eigenvalue weighted by Gasteiger charge is 2.30. The molecule has 0 bridgehead atoms. The van der Waals surface area contributed by atoms with Gasteiger partial charge in [0.2, 0.25) is 11.9 Å². The Morgan fingerprint density at radius 3 is 2.61 bits per heavy atom. The van der Waals surface area contributed by atoms with Crippen LogP contribution in [0.5, 0.6) is 0 Å². The molecule has 1 atom stereocenters. The third kappa shape index (κ3) is 7.70. The van der Waals surface area contributed by atoms with Gasteiger partial charge in [0.15, 0.2) is 0 Å². The Morgan fingerprint density at radius 1 is 1.21 bits per heavy atom. The lowest BCUT2D eigenvalue weighted by molar-refractivity contribution is -0.154. The van der Waals surface area contributed by atoms with Crippen molar-refractivity contribution in [3.05, 3.63) is 12.2 Å². The number of rotatable bonds is 1. The Balaban J connectivity index is 2.24. The van der Waals surface area contributed by atoms with E-state index in [0.29, 0.717) is 17.7 Å². The molecule has 1 aliphatic heterocycles. The summed E-state index contributed by atoms with van der Waals surface area (Å²) in [6.45, 7) is -3.65. The van der Waals surface area contributed by atoms with E-state index in [1.807, 2.05) is 0 Å². The monoisotopic (exact) mass is 396 g/mol. The quantitative estimate of drug-likeness (QED) is 0.521. The van der Waals surface area contributed by atoms with Gasteiger partial charge in [-0.05, 0) is 57.3 Å². The van der Waals surface area contributed by atoms with Gasteiger partial charge in [0.1, 0.15) is 12.6 Å². The number of aliphatic imine (C=N–C) groups is 1. The van der Waals surface area contributed by atoms with E-state index < -0.39 is 37.4 Å². The maximum Gasteiger partial charge on any atom is 0.434 e. The second kappa shape index (κ2) is 11.5. The second-order valence-corrected chi connectivity index (χ2v) is 7.22. The molecule has 1 aliphatic carbocycles. The highest BCUT2D eigenvalue weighted by Crippen LogP contribution is 2.33. The van der Waals surface area contributed by atoms with Crippen LogP contribution in [0.15, 0.2) is 17.1 Å². The lowest BCUT2D eigenvalue weighted by Gasteiger charge is -2.33. The molecule has 0 spiro atoms. The third-order valence-corrected chi connectivity index (χ3v) is 5.00. The number of carbonyl (C=O) groups excluding carboxylic acids is 2. The van der Waals surface area contributed by atoms with Crippen molar-refractivity contribution in [2.24, 2.45) is 10.9 Å². The summed E-state index contributed by atoms with van der Waals surface area (Å²) in [5.41, 5.74) is 0. The smallest absolute Gasteiger partial charge is 0.434 e.